The fourth-order valence-electron chi connectivity index (χ4n) is 3.16. The number of halogens is 1. The number of sulfonamides is 1. The fourth-order valence-corrected chi connectivity index (χ4v) is 4.93. The van der Waals surface area contributed by atoms with E-state index in [0.29, 0.717) is 23.6 Å². The number of ether oxygens (including phenoxy) is 1. The van der Waals surface area contributed by atoms with E-state index < -0.39 is 34.5 Å². The first-order valence-electron chi connectivity index (χ1n) is 9.08. The number of benzene rings is 2. The zero-order valence-electron chi connectivity index (χ0n) is 15.8. The third-order valence-electron chi connectivity index (χ3n) is 4.54. The Bertz CT molecular complexity index is 1010. The molecular weight excluding hydrogens is 416 g/mol. The number of carbonyl (C=O) groups excluding carboxylic acids is 2. The summed E-state index contributed by atoms with van der Waals surface area (Å²) in [5, 5.41) is 3.06. The van der Waals surface area contributed by atoms with E-state index >= 15 is 0 Å². The number of rotatable bonds is 6. The van der Waals surface area contributed by atoms with E-state index in [2.05, 4.69) is 5.32 Å². The molecule has 7 nitrogen and oxygen atoms in total. The minimum absolute atomic E-state index is 0.0544. The van der Waals surface area contributed by atoms with Gasteiger partial charge in [-0.25, -0.2) is 8.42 Å². The zero-order valence-corrected chi connectivity index (χ0v) is 17.4. The molecule has 2 aromatic rings. The molecule has 0 aromatic heterocycles. The molecule has 0 saturated carbocycles. The largest absolute Gasteiger partial charge is 0.454 e. The van der Waals surface area contributed by atoms with Gasteiger partial charge in [-0.2, -0.15) is 4.31 Å². The summed E-state index contributed by atoms with van der Waals surface area (Å²) < 4.78 is 31.9. The summed E-state index contributed by atoms with van der Waals surface area (Å²) in [6, 6.07) is 12.0. The molecule has 0 bridgehead atoms. The average Bonchev–Trinajstić information content (AvgIpc) is 3.17. The number of nitrogens with zero attached hydrogens (tertiary/aromatic N) is 1. The van der Waals surface area contributed by atoms with Gasteiger partial charge in [0.25, 0.3) is 5.91 Å². The highest BCUT2D eigenvalue weighted by molar-refractivity contribution is 7.89. The molecule has 0 aliphatic carbocycles. The van der Waals surface area contributed by atoms with Crippen molar-refractivity contribution in [1.29, 1.82) is 0 Å². The maximum Gasteiger partial charge on any atom is 0.324 e. The second kappa shape index (κ2) is 8.94. The van der Waals surface area contributed by atoms with Gasteiger partial charge in [0.15, 0.2) is 6.61 Å². The van der Waals surface area contributed by atoms with Gasteiger partial charge in [-0.3, -0.25) is 9.59 Å². The van der Waals surface area contributed by atoms with Crippen LogP contribution < -0.4 is 5.32 Å². The fraction of sp³-hybridized carbons (Fsp3) is 0.300. The molecule has 0 radical (unpaired) electrons. The van der Waals surface area contributed by atoms with Crippen LogP contribution in [0.3, 0.4) is 0 Å². The molecule has 1 aliphatic rings. The maximum absolute atomic E-state index is 12.9. The molecule has 1 aliphatic heterocycles. The SMILES string of the molecule is Cc1cccc(NC(=O)COC(=O)[C@H]2CCCN2S(=O)(=O)c2ccc(Cl)cc2)c1. The van der Waals surface area contributed by atoms with Crippen LogP contribution in [0.1, 0.15) is 18.4 Å². The lowest BCUT2D eigenvalue weighted by Crippen LogP contribution is -2.42. The first-order chi connectivity index (χ1) is 13.8. The second-order valence-corrected chi connectivity index (χ2v) is 9.08. The third kappa shape index (κ3) is 5.14. The average molecular weight is 437 g/mol. The highest BCUT2D eigenvalue weighted by atomic mass is 35.5. The Labute approximate surface area is 174 Å². The summed E-state index contributed by atoms with van der Waals surface area (Å²) in [6.45, 7) is 1.61. The number of nitrogens with one attached hydrogen (secondary N) is 1. The van der Waals surface area contributed by atoms with Crippen molar-refractivity contribution in [2.45, 2.75) is 30.7 Å². The molecule has 1 saturated heterocycles. The van der Waals surface area contributed by atoms with Crippen LogP contribution in [0.2, 0.25) is 5.02 Å². The quantitative estimate of drug-likeness (QED) is 0.702. The van der Waals surface area contributed by atoms with Crippen LogP contribution in [-0.2, 0) is 24.3 Å². The second-order valence-electron chi connectivity index (χ2n) is 6.75. The van der Waals surface area contributed by atoms with Crippen LogP contribution in [0.4, 0.5) is 5.69 Å². The molecule has 29 heavy (non-hydrogen) atoms. The molecule has 0 unspecified atom stereocenters. The molecule has 9 heteroatoms. The normalized spacial score (nSPS) is 17.1. The van der Waals surface area contributed by atoms with Crippen LogP contribution in [0.15, 0.2) is 53.4 Å². The summed E-state index contributed by atoms with van der Waals surface area (Å²) in [5.74, 6) is -1.23. The van der Waals surface area contributed by atoms with Crippen molar-refractivity contribution < 1.29 is 22.7 Å². The lowest BCUT2D eigenvalue weighted by molar-refractivity contribution is -0.150. The Morgan fingerprint density at radius 3 is 2.62 bits per heavy atom. The Balaban J connectivity index is 1.62. The zero-order chi connectivity index (χ0) is 21.0. The minimum atomic E-state index is -3.87. The lowest BCUT2D eigenvalue weighted by atomic mass is 10.2. The molecule has 2 aromatic carbocycles. The smallest absolute Gasteiger partial charge is 0.324 e. The number of carbonyl (C=O) groups is 2. The number of amides is 1. The Kier molecular flexibility index (Phi) is 6.56. The summed E-state index contributed by atoms with van der Waals surface area (Å²) in [4.78, 5) is 24.6. The molecular formula is C20H21ClN2O5S. The Morgan fingerprint density at radius 1 is 1.21 bits per heavy atom. The van der Waals surface area contributed by atoms with E-state index in [1.807, 2.05) is 13.0 Å². The van der Waals surface area contributed by atoms with Gasteiger partial charge in [0.1, 0.15) is 6.04 Å². The van der Waals surface area contributed by atoms with Crippen molar-refractivity contribution >= 4 is 39.2 Å². The molecule has 1 atom stereocenters. The summed E-state index contributed by atoms with van der Waals surface area (Å²) >= 11 is 5.82. The van der Waals surface area contributed by atoms with Crippen LogP contribution in [0, 0.1) is 6.92 Å². The van der Waals surface area contributed by atoms with Gasteiger partial charge in [-0.15, -0.1) is 0 Å². The third-order valence-corrected chi connectivity index (χ3v) is 6.72. The van der Waals surface area contributed by atoms with Crippen LogP contribution >= 0.6 is 11.6 Å². The van der Waals surface area contributed by atoms with E-state index in [0.717, 1.165) is 9.87 Å². The first-order valence-corrected chi connectivity index (χ1v) is 10.9. The van der Waals surface area contributed by atoms with Gasteiger partial charge in [0.2, 0.25) is 10.0 Å². The summed E-state index contributed by atoms with van der Waals surface area (Å²) in [5.41, 5.74) is 1.58. The molecule has 1 amide bonds. The standard InChI is InChI=1S/C20H21ClN2O5S/c1-14-4-2-5-16(12-14)22-19(24)13-28-20(25)18-6-3-11-23(18)29(26,27)17-9-7-15(21)8-10-17/h2,4-5,7-10,12,18H,3,6,11,13H2,1H3,(H,22,24)/t18-/m1/s1. The number of hydrogen-bond donors (Lipinski definition) is 1. The van der Waals surface area contributed by atoms with Gasteiger partial charge >= 0.3 is 5.97 Å². The highest BCUT2D eigenvalue weighted by Gasteiger charge is 2.40. The Morgan fingerprint density at radius 2 is 1.93 bits per heavy atom. The number of aryl methyl sites for hydroxylation is 1. The molecule has 154 valence electrons. The van der Waals surface area contributed by atoms with E-state index in [1.54, 1.807) is 18.2 Å². The molecule has 1 N–H and O–H groups in total. The number of hydrogen-bond acceptors (Lipinski definition) is 5. The molecule has 3 rings (SSSR count). The van der Waals surface area contributed by atoms with Crippen LogP contribution in [0.5, 0.6) is 0 Å². The van der Waals surface area contributed by atoms with Crippen molar-refractivity contribution in [2.75, 3.05) is 18.5 Å². The van der Waals surface area contributed by atoms with Crippen molar-refractivity contribution in [1.82, 2.24) is 4.31 Å². The minimum Gasteiger partial charge on any atom is -0.454 e. The predicted octanol–water partition coefficient (Wildman–Crippen LogP) is 2.98. The first kappa shape index (κ1) is 21.3. The summed E-state index contributed by atoms with van der Waals surface area (Å²) in [7, 11) is -3.87. The number of esters is 1. The van der Waals surface area contributed by atoms with Crippen molar-refractivity contribution in [3.63, 3.8) is 0 Å². The highest BCUT2D eigenvalue weighted by Crippen LogP contribution is 2.27. The van der Waals surface area contributed by atoms with Crippen LogP contribution in [-0.4, -0.2) is 43.8 Å². The van der Waals surface area contributed by atoms with Gasteiger partial charge in [0, 0.05) is 17.3 Å². The topological polar surface area (TPSA) is 92.8 Å². The van der Waals surface area contributed by atoms with Gasteiger partial charge in [-0.05, 0) is 61.7 Å². The lowest BCUT2D eigenvalue weighted by Gasteiger charge is -2.22. The van der Waals surface area contributed by atoms with Crippen molar-refractivity contribution in [2.24, 2.45) is 0 Å². The molecule has 0 spiro atoms. The van der Waals surface area contributed by atoms with E-state index in [9.17, 15) is 18.0 Å². The van der Waals surface area contributed by atoms with E-state index in [-0.39, 0.29) is 11.4 Å². The monoisotopic (exact) mass is 436 g/mol. The van der Waals surface area contributed by atoms with E-state index in [1.165, 1.54) is 24.3 Å². The van der Waals surface area contributed by atoms with Crippen LogP contribution in [0.25, 0.3) is 0 Å². The maximum atomic E-state index is 12.9. The summed E-state index contributed by atoms with van der Waals surface area (Å²) in [6.07, 6.45) is 0.868. The van der Waals surface area contributed by atoms with Crippen molar-refractivity contribution in [3.05, 3.63) is 59.1 Å². The van der Waals surface area contributed by atoms with Crippen molar-refractivity contribution in [3.8, 4) is 0 Å². The van der Waals surface area contributed by atoms with E-state index in [4.69, 9.17) is 16.3 Å². The molecule has 1 fully saturated rings. The van der Waals surface area contributed by atoms with Gasteiger partial charge < -0.3 is 10.1 Å². The molecule has 1 heterocycles. The van der Waals surface area contributed by atoms with Gasteiger partial charge in [0.05, 0.1) is 4.90 Å². The number of anilines is 1. The Hall–Kier alpha value is -2.42. The predicted molar refractivity (Wildman–Crippen MR) is 109 cm³/mol. The van der Waals surface area contributed by atoms with Gasteiger partial charge in [-0.1, -0.05) is 23.7 Å².